The number of aliphatic hydroxyl groups is 1. The van der Waals surface area contributed by atoms with Crippen LogP contribution in [-0.4, -0.2) is 27.4 Å². The number of primary amides is 1. The molecule has 0 atom stereocenters. The van der Waals surface area contributed by atoms with Crippen molar-refractivity contribution in [3.05, 3.63) is 58.3 Å². The zero-order valence-corrected chi connectivity index (χ0v) is 13.8. The maximum atomic E-state index is 11.2. The topological polar surface area (TPSA) is 93.2 Å². The maximum Gasteiger partial charge on any atom is 0.249 e. The highest BCUT2D eigenvalue weighted by atomic mass is 32.1. The van der Waals surface area contributed by atoms with Crippen LogP contribution in [0.1, 0.15) is 15.2 Å². The Labute approximate surface area is 143 Å². The van der Waals surface area contributed by atoms with Gasteiger partial charge in [-0.1, -0.05) is 30.3 Å². The summed E-state index contributed by atoms with van der Waals surface area (Å²) in [6.45, 7) is 0.977. The van der Waals surface area contributed by atoms with Gasteiger partial charge in [-0.25, -0.2) is 4.68 Å². The third kappa shape index (κ3) is 3.64. The van der Waals surface area contributed by atoms with Crippen molar-refractivity contribution in [3.63, 3.8) is 0 Å². The van der Waals surface area contributed by atoms with Gasteiger partial charge >= 0.3 is 0 Å². The monoisotopic (exact) mass is 342 g/mol. The van der Waals surface area contributed by atoms with E-state index in [1.807, 2.05) is 36.4 Å². The average molecular weight is 342 g/mol. The molecule has 0 unspecified atom stereocenters. The predicted octanol–water partition coefficient (Wildman–Crippen LogP) is 2.31. The van der Waals surface area contributed by atoms with E-state index in [9.17, 15) is 9.90 Å². The molecular formula is C17H18N4O2S. The molecule has 3 aromatic rings. The fourth-order valence-corrected chi connectivity index (χ4v) is 3.17. The fraction of sp³-hybridized carbons (Fsp3) is 0.176. The lowest BCUT2D eigenvalue weighted by molar-refractivity contribution is 0.100. The number of carbonyl (C=O) groups excluding carboxylic acids is 1. The predicted molar refractivity (Wildman–Crippen MR) is 94.9 cm³/mol. The normalized spacial score (nSPS) is 10.7. The molecule has 0 spiro atoms. The van der Waals surface area contributed by atoms with E-state index in [-0.39, 0.29) is 6.61 Å². The first kappa shape index (κ1) is 16.2. The molecule has 0 aliphatic carbocycles. The number of anilines is 1. The van der Waals surface area contributed by atoms with Gasteiger partial charge < -0.3 is 16.2 Å². The third-order valence-corrected chi connectivity index (χ3v) is 4.48. The molecule has 6 nitrogen and oxygen atoms in total. The van der Waals surface area contributed by atoms with Crippen LogP contribution in [0.4, 0.5) is 5.82 Å². The molecule has 0 saturated carbocycles. The first-order chi connectivity index (χ1) is 11.7. The summed E-state index contributed by atoms with van der Waals surface area (Å²) in [5, 5.41) is 18.8. The average Bonchev–Trinajstić information content (AvgIpc) is 3.21. The van der Waals surface area contributed by atoms with Crippen LogP contribution in [0.3, 0.4) is 0 Å². The minimum atomic E-state index is -0.422. The molecule has 4 N–H and O–H groups in total. The lowest BCUT2D eigenvalue weighted by atomic mass is 10.2. The molecule has 0 radical (unpaired) electrons. The molecule has 0 bridgehead atoms. The van der Waals surface area contributed by atoms with E-state index in [0.29, 0.717) is 18.7 Å². The van der Waals surface area contributed by atoms with Gasteiger partial charge in [0.1, 0.15) is 5.82 Å². The molecular weight excluding hydrogens is 324 g/mol. The summed E-state index contributed by atoms with van der Waals surface area (Å²) in [7, 11) is 0. The summed E-state index contributed by atoms with van der Waals surface area (Å²) in [6.07, 6.45) is 0. The summed E-state index contributed by atoms with van der Waals surface area (Å²) in [4.78, 5) is 12.2. The van der Waals surface area contributed by atoms with E-state index in [1.165, 1.54) is 11.3 Å². The standard InChI is InChI=1S/C17H18N4O2S/c18-17(23)13-8-14(24-11-13)10-19-16-9-15(20-21(16)6-7-22)12-4-2-1-3-5-12/h1-5,8-9,11,19,22H,6-7,10H2,(H2,18,23). The van der Waals surface area contributed by atoms with Crippen molar-refractivity contribution in [2.24, 2.45) is 5.73 Å². The van der Waals surface area contributed by atoms with E-state index in [0.717, 1.165) is 22.0 Å². The zero-order chi connectivity index (χ0) is 16.9. The Morgan fingerprint density at radius 2 is 2.08 bits per heavy atom. The van der Waals surface area contributed by atoms with Gasteiger partial charge in [-0.05, 0) is 6.07 Å². The van der Waals surface area contributed by atoms with Crippen molar-refractivity contribution in [1.29, 1.82) is 0 Å². The minimum Gasteiger partial charge on any atom is -0.394 e. The molecule has 1 aromatic carbocycles. The van der Waals surface area contributed by atoms with Crippen molar-refractivity contribution < 1.29 is 9.90 Å². The van der Waals surface area contributed by atoms with Gasteiger partial charge in [0.25, 0.3) is 0 Å². The van der Waals surface area contributed by atoms with Gasteiger partial charge in [0, 0.05) is 21.9 Å². The molecule has 1 amide bonds. The molecule has 0 fully saturated rings. The number of nitrogens with zero attached hydrogens (tertiary/aromatic N) is 2. The lowest BCUT2D eigenvalue weighted by Crippen LogP contribution is -2.10. The van der Waals surface area contributed by atoms with E-state index >= 15 is 0 Å². The summed E-state index contributed by atoms with van der Waals surface area (Å²) in [5.74, 6) is 0.395. The molecule has 0 aliphatic rings. The summed E-state index contributed by atoms with van der Waals surface area (Å²) >= 11 is 1.48. The van der Waals surface area contributed by atoms with Crippen LogP contribution in [0.5, 0.6) is 0 Å². The molecule has 2 aromatic heterocycles. The number of hydrogen-bond acceptors (Lipinski definition) is 5. The van der Waals surface area contributed by atoms with Crippen molar-refractivity contribution in [3.8, 4) is 11.3 Å². The highest BCUT2D eigenvalue weighted by Crippen LogP contribution is 2.23. The fourth-order valence-electron chi connectivity index (χ4n) is 2.35. The number of rotatable bonds is 7. The molecule has 0 saturated heterocycles. The second-order valence-electron chi connectivity index (χ2n) is 5.25. The number of carbonyl (C=O) groups is 1. The first-order valence-electron chi connectivity index (χ1n) is 7.52. The Morgan fingerprint density at radius 1 is 1.29 bits per heavy atom. The largest absolute Gasteiger partial charge is 0.394 e. The number of hydrogen-bond donors (Lipinski definition) is 3. The second-order valence-corrected chi connectivity index (χ2v) is 6.24. The van der Waals surface area contributed by atoms with Gasteiger partial charge in [0.05, 0.1) is 31.0 Å². The number of benzene rings is 1. The number of amides is 1. The molecule has 0 aliphatic heterocycles. The van der Waals surface area contributed by atoms with Crippen molar-refractivity contribution in [2.75, 3.05) is 11.9 Å². The molecule has 24 heavy (non-hydrogen) atoms. The second kappa shape index (κ2) is 7.29. The Balaban J connectivity index is 1.78. The highest BCUT2D eigenvalue weighted by Gasteiger charge is 2.10. The van der Waals surface area contributed by atoms with Crippen LogP contribution in [0.25, 0.3) is 11.3 Å². The van der Waals surface area contributed by atoms with Crippen LogP contribution >= 0.6 is 11.3 Å². The number of aliphatic hydroxyl groups excluding tert-OH is 1. The van der Waals surface area contributed by atoms with Crippen LogP contribution in [0.15, 0.2) is 47.8 Å². The van der Waals surface area contributed by atoms with Crippen LogP contribution in [0, 0.1) is 0 Å². The minimum absolute atomic E-state index is 0.00934. The van der Waals surface area contributed by atoms with Gasteiger partial charge in [-0.3, -0.25) is 4.79 Å². The molecule has 3 rings (SSSR count). The Kier molecular flexibility index (Phi) is 4.93. The first-order valence-corrected chi connectivity index (χ1v) is 8.40. The number of nitrogens with two attached hydrogens (primary N) is 1. The van der Waals surface area contributed by atoms with Crippen molar-refractivity contribution >= 4 is 23.1 Å². The SMILES string of the molecule is NC(=O)c1csc(CNc2cc(-c3ccccc3)nn2CCO)c1. The van der Waals surface area contributed by atoms with Crippen LogP contribution in [-0.2, 0) is 13.1 Å². The third-order valence-electron chi connectivity index (χ3n) is 3.54. The smallest absolute Gasteiger partial charge is 0.249 e. The Bertz CT molecular complexity index is 826. The van der Waals surface area contributed by atoms with Gasteiger partial charge in [-0.15, -0.1) is 11.3 Å². The van der Waals surface area contributed by atoms with E-state index in [4.69, 9.17) is 5.73 Å². The molecule has 7 heteroatoms. The summed E-state index contributed by atoms with van der Waals surface area (Å²) < 4.78 is 1.74. The zero-order valence-electron chi connectivity index (χ0n) is 13.0. The van der Waals surface area contributed by atoms with E-state index < -0.39 is 5.91 Å². The van der Waals surface area contributed by atoms with Crippen LogP contribution in [0.2, 0.25) is 0 Å². The summed E-state index contributed by atoms with van der Waals surface area (Å²) in [5.41, 5.74) is 7.65. The van der Waals surface area contributed by atoms with Gasteiger partial charge in [0.2, 0.25) is 5.91 Å². The number of nitrogens with one attached hydrogen (secondary N) is 1. The number of aromatic nitrogens is 2. The van der Waals surface area contributed by atoms with Crippen molar-refractivity contribution in [1.82, 2.24) is 9.78 Å². The number of thiophene rings is 1. The summed E-state index contributed by atoms with van der Waals surface area (Å²) in [6, 6.07) is 13.6. The van der Waals surface area contributed by atoms with Crippen molar-refractivity contribution in [2.45, 2.75) is 13.1 Å². The van der Waals surface area contributed by atoms with Gasteiger partial charge in [0.15, 0.2) is 0 Å². The van der Waals surface area contributed by atoms with Crippen LogP contribution < -0.4 is 11.1 Å². The molecule has 2 heterocycles. The maximum absolute atomic E-state index is 11.2. The quantitative estimate of drug-likeness (QED) is 0.614. The molecule has 124 valence electrons. The lowest BCUT2D eigenvalue weighted by Gasteiger charge is -2.07. The van der Waals surface area contributed by atoms with Gasteiger partial charge in [-0.2, -0.15) is 5.10 Å². The Hall–Kier alpha value is -2.64. The highest BCUT2D eigenvalue weighted by molar-refractivity contribution is 7.10. The van der Waals surface area contributed by atoms with E-state index in [1.54, 1.807) is 16.1 Å². The van der Waals surface area contributed by atoms with E-state index in [2.05, 4.69) is 10.4 Å². The Morgan fingerprint density at radius 3 is 2.75 bits per heavy atom.